The maximum Gasteiger partial charge on any atom is 0.277 e. The van der Waals surface area contributed by atoms with Gasteiger partial charge in [0.05, 0.1) is 11.8 Å². The van der Waals surface area contributed by atoms with Crippen molar-refractivity contribution in [3.8, 4) is 17.2 Å². The molecule has 31 heavy (non-hydrogen) atoms. The van der Waals surface area contributed by atoms with Crippen LogP contribution in [0.5, 0.6) is 17.2 Å². The van der Waals surface area contributed by atoms with Crippen LogP contribution in [0, 0.1) is 5.82 Å². The lowest BCUT2D eigenvalue weighted by atomic mass is 10.1. The molecule has 1 amide bonds. The van der Waals surface area contributed by atoms with Gasteiger partial charge in [0, 0.05) is 0 Å². The summed E-state index contributed by atoms with van der Waals surface area (Å²) in [5.74, 6) is 1.08. The van der Waals surface area contributed by atoms with E-state index >= 15 is 0 Å². The number of amides is 1. The Labute approximate surface area is 182 Å². The minimum absolute atomic E-state index is 0.0963. The summed E-state index contributed by atoms with van der Waals surface area (Å²) in [6.45, 7) is 3.76. The Morgan fingerprint density at radius 1 is 1.19 bits per heavy atom. The van der Waals surface area contributed by atoms with Gasteiger partial charge in [-0.3, -0.25) is 4.79 Å². The third-order valence-corrected chi connectivity index (χ3v) is 5.33. The van der Waals surface area contributed by atoms with E-state index in [1.165, 1.54) is 12.1 Å². The van der Waals surface area contributed by atoms with Crippen molar-refractivity contribution in [1.82, 2.24) is 15.5 Å². The molecule has 0 fully saturated rings. The average molecular weight is 445 g/mol. The number of thioether (sulfide) groups is 1. The highest BCUT2D eigenvalue weighted by molar-refractivity contribution is 7.99. The molecule has 0 saturated carbocycles. The molecule has 0 radical (unpaired) electrons. The molecule has 0 aliphatic carbocycles. The monoisotopic (exact) mass is 445 g/mol. The number of benzene rings is 2. The van der Waals surface area contributed by atoms with Gasteiger partial charge >= 0.3 is 0 Å². The van der Waals surface area contributed by atoms with Crippen molar-refractivity contribution in [2.24, 2.45) is 0 Å². The van der Waals surface area contributed by atoms with Crippen LogP contribution >= 0.6 is 11.8 Å². The fourth-order valence-corrected chi connectivity index (χ4v) is 3.48. The quantitative estimate of drug-likeness (QED) is 0.519. The summed E-state index contributed by atoms with van der Waals surface area (Å²) in [5.41, 5.74) is 0.904. The molecule has 1 aliphatic heterocycles. The van der Waals surface area contributed by atoms with Gasteiger partial charge in [-0.1, -0.05) is 30.0 Å². The summed E-state index contributed by atoms with van der Waals surface area (Å²) in [5, 5.41) is 11.0. The van der Waals surface area contributed by atoms with Gasteiger partial charge in [-0.05, 0) is 43.7 Å². The number of nitrogens with zero attached hydrogens (tertiary/aromatic N) is 2. The Kier molecular flexibility index (Phi) is 6.26. The standard InChI is InChI=1S/C21H20FN3O5S/c1-12(14-7-8-17-18(9-14)28-11-27-17)23-19(26)10-31-21-25-24-20(30-21)13(2)29-16-6-4-3-5-15(16)22/h3-9,12-13H,10-11H2,1-2H3,(H,23,26). The lowest BCUT2D eigenvalue weighted by molar-refractivity contribution is -0.119. The van der Waals surface area contributed by atoms with Gasteiger partial charge in [-0.25, -0.2) is 4.39 Å². The van der Waals surface area contributed by atoms with Crippen LogP contribution in [0.15, 0.2) is 52.1 Å². The van der Waals surface area contributed by atoms with Crippen molar-refractivity contribution in [2.75, 3.05) is 12.5 Å². The van der Waals surface area contributed by atoms with E-state index in [-0.39, 0.29) is 41.4 Å². The molecule has 1 aromatic heterocycles. The summed E-state index contributed by atoms with van der Waals surface area (Å²) in [7, 11) is 0. The molecule has 0 saturated heterocycles. The molecule has 2 atom stereocenters. The van der Waals surface area contributed by atoms with Crippen molar-refractivity contribution < 1.29 is 27.8 Å². The molecule has 0 bridgehead atoms. The second-order valence-electron chi connectivity index (χ2n) is 6.79. The number of fused-ring (bicyclic) bond motifs is 1. The van der Waals surface area contributed by atoms with E-state index in [1.807, 2.05) is 25.1 Å². The predicted octanol–water partition coefficient (Wildman–Crippen LogP) is 4.05. The van der Waals surface area contributed by atoms with Gasteiger partial charge in [0.15, 0.2) is 29.2 Å². The van der Waals surface area contributed by atoms with Gasteiger partial charge in [-0.2, -0.15) is 0 Å². The van der Waals surface area contributed by atoms with Gasteiger partial charge < -0.3 is 23.9 Å². The van der Waals surface area contributed by atoms with E-state index in [9.17, 15) is 9.18 Å². The van der Waals surface area contributed by atoms with Gasteiger partial charge in [0.2, 0.25) is 12.7 Å². The predicted molar refractivity (Wildman–Crippen MR) is 110 cm³/mol. The summed E-state index contributed by atoms with van der Waals surface area (Å²) in [6.07, 6.45) is -0.640. The Bertz CT molecular complexity index is 1080. The molecule has 4 rings (SSSR count). The number of para-hydroxylation sites is 1. The first kappa shape index (κ1) is 21.0. The summed E-state index contributed by atoms with van der Waals surface area (Å²) in [4.78, 5) is 12.3. The first-order valence-electron chi connectivity index (χ1n) is 9.56. The Balaban J connectivity index is 1.28. The van der Waals surface area contributed by atoms with Gasteiger partial charge in [0.25, 0.3) is 11.1 Å². The number of nitrogens with one attached hydrogen (secondary N) is 1. The first-order chi connectivity index (χ1) is 15.0. The molecule has 3 aromatic rings. The number of hydrogen-bond donors (Lipinski definition) is 1. The number of hydrogen-bond acceptors (Lipinski definition) is 8. The zero-order valence-corrected chi connectivity index (χ0v) is 17.6. The third-order valence-electron chi connectivity index (χ3n) is 4.51. The van der Waals surface area contributed by atoms with Crippen LogP contribution in [0.3, 0.4) is 0 Å². The number of ether oxygens (including phenoxy) is 3. The number of rotatable bonds is 8. The number of halogens is 1. The van der Waals surface area contributed by atoms with E-state index < -0.39 is 11.9 Å². The van der Waals surface area contributed by atoms with Crippen LogP contribution in [-0.4, -0.2) is 28.7 Å². The van der Waals surface area contributed by atoms with Crippen LogP contribution in [0.4, 0.5) is 4.39 Å². The molecule has 1 aliphatic rings. The normalized spacial score (nSPS) is 14.2. The third kappa shape index (κ3) is 5.08. The molecule has 2 aromatic carbocycles. The maximum absolute atomic E-state index is 13.7. The average Bonchev–Trinajstić information content (AvgIpc) is 3.42. The van der Waals surface area contributed by atoms with E-state index in [0.29, 0.717) is 11.5 Å². The largest absolute Gasteiger partial charge is 0.478 e. The lowest BCUT2D eigenvalue weighted by Gasteiger charge is -2.14. The molecular weight excluding hydrogens is 425 g/mol. The Morgan fingerprint density at radius 3 is 2.84 bits per heavy atom. The zero-order valence-electron chi connectivity index (χ0n) is 16.8. The highest BCUT2D eigenvalue weighted by atomic mass is 32.2. The van der Waals surface area contributed by atoms with Crippen LogP contribution < -0.4 is 19.5 Å². The van der Waals surface area contributed by atoms with Crippen LogP contribution in [-0.2, 0) is 4.79 Å². The highest BCUT2D eigenvalue weighted by Gasteiger charge is 2.20. The summed E-state index contributed by atoms with van der Waals surface area (Å²) < 4.78 is 35.4. The van der Waals surface area contributed by atoms with Crippen LogP contribution in [0.25, 0.3) is 0 Å². The highest BCUT2D eigenvalue weighted by Crippen LogP contribution is 2.34. The fraction of sp³-hybridized carbons (Fsp3) is 0.286. The molecule has 0 spiro atoms. The van der Waals surface area contributed by atoms with Crippen molar-refractivity contribution in [1.29, 1.82) is 0 Å². The minimum Gasteiger partial charge on any atom is -0.478 e. The van der Waals surface area contributed by atoms with E-state index in [1.54, 1.807) is 19.1 Å². The summed E-state index contributed by atoms with van der Waals surface area (Å²) in [6, 6.07) is 11.4. The van der Waals surface area contributed by atoms with Crippen LogP contribution in [0.1, 0.15) is 37.4 Å². The number of carbonyl (C=O) groups is 1. The van der Waals surface area contributed by atoms with E-state index in [2.05, 4.69) is 15.5 Å². The fourth-order valence-electron chi connectivity index (χ4n) is 2.90. The lowest BCUT2D eigenvalue weighted by Crippen LogP contribution is -2.28. The smallest absolute Gasteiger partial charge is 0.277 e. The van der Waals surface area contributed by atoms with E-state index in [4.69, 9.17) is 18.6 Å². The minimum atomic E-state index is -0.640. The molecule has 10 heteroatoms. The van der Waals surface area contributed by atoms with Crippen molar-refractivity contribution in [3.63, 3.8) is 0 Å². The second-order valence-corrected chi connectivity index (χ2v) is 7.71. The first-order valence-corrected chi connectivity index (χ1v) is 10.5. The Morgan fingerprint density at radius 2 is 2.00 bits per heavy atom. The number of aromatic nitrogens is 2. The molecule has 8 nitrogen and oxygen atoms in total. The van der Waals surface area contributed by atoms with Crippen molar-refractivity contribution in [2.45, 2.75) is 31.2 Å². The Hall–Kier alpha value is -3.27. The molecular formula is C21H20FN3O5S. The second kappa shape index (κ2) is 9.25. The van der Waals surface area contributed by atoms with Gasteiger partial charge in [0.1, 0.15) is 0 Å². The van der Waals surface area contributed by atoms with Gasteiger partial charge in [-0.15, -0.1) is 10.2 Å². The van der Waals surface area contributed by atoms with Crippen molar-refractivity contribution >= 4 is 17.7 Å². The van der Waals surface area contributed by atoms with Crippen molar-refractivity contribution in [3.05, 3.63) is 59.7 Å². The number of carbonyl (C=O) groups excluding carboxylic acids is 1. The summed E-state index contributed by atoms with van der Waals surface area (Å²) >= 11 is 1.11. The SMILES string of the molecule is CC(NC(=O)CSc1nnc(C(C)Oc2ccccc2F)o1)c1ccc2c(c1)OCO2. The molecule has 2 unspecified atom stereocenters. The van der Waals surface area contributed by atoms with E-state index in [0.717, 1.165) is 17.3 Å². The maximum atomic E-state index is 13.7. The zero-order chi connectivity index (χ0) is 21.8. The molecule has 1 N–H and O–H groups in total. The molecule has 162 valence electrons. The van der Waals surface area contributed by atoms with Crippen LogP contribution in [0.2, 0.25) is 0 Å². The topological polar surface area (TPSA) is 95.7 Å². The molecule has 2 heterocycles.